The molecule has 1 aromatic rings. The standard InChI is InChI=1S/C16H27N3O/c1-5-20-16(8-6-15(2,3)7-9-16)14(17-4)13-12-18-10-11-19-13/h10-12,14,17H,5-9H2,1-4H3. The van der Waals surface area contributed by atoms with Crippen molar-refractivity contribution in [1.82, 2.24) is 15.3 Å². The summed E-state index contributed by atoms with van der Waals surface area (Å²) in [5, 5.41) is 3.41. The van der Waals surface area contributed by atoms with Gasteiger partial charge in [0.05, 0.1) is 23.5 Å². The zero-order valence-corrected chi connectivity index (χ0v) is 13.1. The topological polar surface area (TPSA) is 47.0 Å². The first-order chi connectivity index (χ1) is 9.53. The molecule has 1 aromatic heterocycles. The van der Waals surface area contributed by atoms with E-state index < -0.39 is 0 Å². The third-order valence-corrected chi connectivity index (χ3v) is 4.58. The first-order valence-electron chi connectivity index (χ1n) is 7.60. The van der Waals surface area contributed by atoms with Crippen LogP contribution < -0.4 is 5.32 Å². The average Bonchev–Trinajstić information content (AvgIpc) is 2.44. The number of nitrogens with zero attached hydrogens (tertiary/aromatic N) is 2. The monoisotopic (exact) mass is 277 g/mol. The maximum atomic E-state index is 6.24. The fraction of sp³-hybridized carbons (Fsp3) is 0.750. The summed E-state index contributed by atoms with van der Waals surface area (Å²) in [7, 11) is 1.99. The molecule has 1 atom stereocenters. The number of ether oxygens (including phenoxy) is 1. The van der Waals surface area contributed by atoms with Gasteiger partial charge in [-0.3, -0.25) is 9.97 Å². The van der Waals surface area contributed by atoms with Crippen LogP contribution in [0.15, 0.2) is 18.6 Å². The lowest BCUT2D eigenvalue weighted by atomic mass is 9.68. The summed E-state index contributed by atoms with van der Waals surface area (Å²) in [5.74, 6) is 0. The lowest BCUT2D eigenvalue weighted by Crippen LogP contribution is -2.49. The number of likely N-dealkylation sites (N-methyl/N-ethyl adjacent to an activating group) is 1. The predicted octanol–water partition coefficient (Wildman–Crippen LogP) is 3.11. The van der Waals surface area contributed by atoms with E-state index >= 15 is 0 Å². The van der Waals surface area contributed by atoms with E-state index in [1.807, 2.05) is 13.2 Å². The highest BCUT2D eigenvalue weighted by molar-refractivity contribution is 5.12. The average molecular weight is 277 g/mol. The summed E-state index contributed by atoms with van der Waals surface area (Å²) >= 11 is 0. The van der Waals surface area contributed by atoms with Gasteiger partial charge in [-0.1, -0.05) is 13.8 Å². The van der Waals surface area contributed by atoms with Gasteiger partial charge in [-0.2, -0.15) is 0 Å². The van der Waals surface area contributed by atoms with Crippen molar-refractivity contribution in [3.63, 3.8) is 0 Å². The maximum absolute atomic E-state index is 6.24. The van der Waals surface area contributed by atoms with Crippen LogP contribution in [-0.4, -0.2) is 29.2 Å². The van der Waals surface area contributed by atoms with Crippen molar-refractivity contribution in [3.05, 3.63) is 24.3 Å². The highest BCUT2D eigenvalue weighted by Gasteiger charge is 2.45. The van der Waals surface area contributed by atoms with Gasteiger partial charge in [-0.15, -0.1) is 0 Å². The summed E-state index contributed by atoms with van der Waals surface area (Å²) < 4.78 is 6.24. The molecule has 1 saturated carbocycles. The maximum Gasteiger partial charge on any atom is 0.0892 e. The Hall–Kier alpha value is -1.00. The molecule has 1 N–H and O–H groups in total. The first-order valence-corrected chi connectivity index (χ1v) is 7.60. The van der Waals surface area contributed by atoms with E-state index in [9.17, 15) is 0 Å². The van der Waals surface area contributed by atoms with Crippen LogP contribution in [-0.2, 0) is 4.74 Å². The number of hydrogen-bond acceptors (Lipinski definition) is 4. The molecule has 1 fully saturated rings. The minimum absolute atomic E-state index is 0.104. The van der Waals surface area contributed by atoms with Gasteiger partial charge in [0.1, 0.15) is 0 Å². The molecule has 0 aliphatic heterocycles. The summed E-state index contributed by atoms with van der Waals surface area (Å²) in [4.78, 5) is 8.69. The highest BCUT2D eigenvalue weighted by Crippen LogP contribution is 2.47. The summed E-state index contributed by atoms with van der Waals surface area (Å²) in [6, 6.07) is 0.104. The number of hydrogen-bond donors (Lipinski definition) is 1. The molecule has 1 aliphatic rings. The van der Waals surface area contributed by atoms with Crippen LogP contribution in [0.2, 0.25) is 0 Å². The lowest BCUT2D eigenvalue weighted by molar-refractivity contribution is -0.107. The van der Waals surface area contributed by atoms with Crippen LogP contribution in [0.25, 0.3) is 0 Å². The molecule has 20 heavy (non-hydrogen) atoms. The van der Waals surface area contributed by atoms with E-state index in [0.717, 1.165) is 25.1 Å². The lowest BCUT2D eigenvalue weighted by Gasteiger charge is -2.47. The molecule has 0 spiro atoms. The van der Waals surface area contributed by atoms with Gasteiger partial charge < -0.3 is 10.1 Å². The fourth-order valence-electron chi connectivity index (χ4n) is 3.29. The molecule has 0 bridgehead atoms. The second-order valence-corrected chi connectivity index (χ2v) is 6.51. The van der Waals surface area contributed by atoms with Crippen LogP contribution in [0.1, 0.15) is 58.2 Å². The Labute approximate surface area is 122 Å². The molecule has 4 nitrogen and oxygen atoms in total. The van der Waals surface area contributed by atoms with E-state index in [1.54, 1.807) is 12.4 Å². The quantitative estimate of drug-likeness (QED) is 0.898. The second kappa shape index (κ2) is 6.19. The van der Waals surface area contributed by atoms with Crippen molar-refractivity contribution < 1.29 is 4.74 Å². The molecule has 4 heteroatoms. The van der Waals surface area contributed by atoms with Gasteiger partial charge in [0.15, 0.2) is 0 Å². The van der Waals surface area contributed by atoms with Gasteiger partial charge in [-0.05, 0) is 45.1 Å². The Kier molecular flexibility index (Phi) is 4.76. The van der Waals surface area contributed by atoms with Crippen LogP contribution in [0.5, 0.6) is 0 Å². The number of aromatic nitrogens is 2. The van der Waals surface area contributed by atoms with E-state index in [1.165, 1.54) is 12.8 Å². The molecule has 0 aromatic carbocycles. The van der Waals surface area contributed by atoms with Gasteiger partial charge in [0, 0.05) is 19.0 Å². The van der Waals surface area contributed by atoms with E-state index in [0.29, 0.717) is 5.41 Å². The molecule has 1 heterocycles. The third kappa shape index (κ3) is 3.18. The molecular weight excluding hydrogens is 250 g/mol. The third-order valence-electron chi connectivity index (χ3n) is 4.58. The molecule has 0 radical (unpaired) electrons. The molecular formula is C16H27N3O. The van der Waals surface area contributed by atoms with Crippen molar-refractivity contribution >= 4 is 0 Å². The summed E-state index contributed by atoms with van der Waals surface area (Å²) in [6.45, 7) is 7.50. The zero-order valence-electron chi connectivity index (χ0n) is 13.1. The van der Waals surface area contributed by atoms with E-state index in [-0.39, 0.29) is 11.6 Å². The Morgan fingerprint density at radius 1 is 1.25 bits per heavy atom. The van der Waals surface area contributed by atoms with Gasteiger partial charge >= 0.3 is 0 Å². The molecule has 0 saturated heterocycles. The van der Waals surface area contributed by atoms with Crippen molar-refractivity contribution in [2.45, 2.75) is 58.1 Å². The minimum atomic E-state index is -0.158. The Morgan fingerprint density at radius 3 is 2.45 bits per heavy atom. The van der Waals surface area contributed by atoms with Crippen molar-refractivity contribution in [1.29, 1.82) is 0 Å². The summed E-state index contributed by atoms with van der Waals surface area (Å²) in [6.07, 6.45) is 9.82. The molecule has 0 amide bonds. The Bertz CT molecular complexity index is 409. The molecule has 2 rings (SSSR count). The molecule has 1 aliphatic carbocycles. The largest absolute Gasteiger partial charge is 0.373 e. The van der Waals surface area contributed by atoms with Crippen LogP contribution in [0.4, 0.5) is 0 Å². The smallest absolute Gasteiger partial charge is 0.0892 e. The zero-order chi connectivity index (χ0) is 14.6. The molecule has 112 valence electrons. The van der Waals surface area contributed by atoms with Gasteiger partial charge in [-0.25, -0.2) is 0 Å². The number of nitrogens with one attached hydrogen (secondary N) is 1. The predicted molar refractivity (Wildman–Crippen MR) is 80.4 cm³/mol. The van der Waals surface area contributed by atoms with Gasteiger partial charge in [0.25, 0.3) is 0 Å². The van der Waals surface area contributed by atoms with Crippen molar-refractivity contribution in [3.8, 4) is 0 Å². The van der Waals surface area contributed by atoms with E-state index in [2.05, 4.69) is 36.1 Å². The van der Waals surface area contributed by atoms with Gasteiger partial charge in [0.2, 0.25) is 0 Å². The fourth-order valence-corrected chi connectivity index (χ4v) is 3.29. The molecule has 1 unspecified atom stereocenters. The SMILES string of the molecule is CCOC1(C(NC)c2cnccn2)CCC(C)(C)CC1. The second-order valence-electron chi connectivity index (χ2n) is 6.51. The van der Waals surface area contributed by atoms with Crippen LogP contribution >= 0.6 is 0 Å². The highest BCUT2D eigenvalue weighted by atomic mass is 16.5. The minimum Gasteiger partial charge on any atom is -0.373 e. The summed E-state index contributed by atoms with van der Waals surface area (Å²) in [5.41, 5.74) is 1.24. The Balaban J connectivity index is 2.27. The van der Waals surface area contributed by atoms with Crippen molar-refractivity contribution in [2.75, 3.05) is 13.7 Å². The van der Waals surface area contributed by atoms with E-state index in [4.69, 9.17) is 4.74 Å². The normalized spacial score (nSPS) is 22.4. The van der Waals surface area contributed by atoms with Crippen LogP contribution in [0.3, 0.4) is 0 Å². The number of rotatable bonds is 5. The Morgan fingerprint density at radius 2 is 1.95 bits per heavy atom. The van der Waals surface area contributed by atoms with Crippen molar-refractivity contribution in [2.24, 2.45) is 5.41 Å². The van der Waals surface area contributed by atoms with Crippen LogP contribution in [0, 0.1) is 5.41 Å². The first kappa shape index (κ1) is 15.4.